The van der Waals surface area contributed by atoms with Crippen LogP contribution >= 0.6 is 23.4 Å². The Kier molecular flexibility index (Phi) is 5.82. The molecule has 0 aliphatic rings. The lowest BCUT2D eigenvalue weighted by atomic mass is 10.2. The molecule has 1 heterocycles. The fraction of sp³-hybridized carbons (Fsp3) is 0.211. The second-order valence-corrected chi connectivity index (χ2v) is 7.15. The van der Waals surface area contributed by atoms with Crippen LogP contribution in [-0.4, -0.2) is 26.6 Å². The molecule has 0 amide bonds. The minimum atomic E-state index is -0.250. The number of aromatic nitrogens is 3. The molecule has 3 rings (SSSR count). The molecule has 0 unspecified atom stereocenters. The molecule has 5 nitrogen and oxygen atoms in total. The van der Waals surface area contributed by atoms with Crippen LogP contribution in [0.5, 0.6) is 5.75 Å². The number of hydrogen-bond donors (Lipinski definition) is 0. The van der Waals surface area contributed by atoms with Gasteiger partial charge in [0.05, 0.1) is 22.9 Å². The third-order valence-corrected chi connectivity index (χ3v) is 4.88. The number of rotatable bonds is 6. The maximum Gasteiger partial charge on any atom is 0.197 e. The van der Waals surface area contributed by atoms with Crippen molar-refractivity contribution in [1.29, 1.82) is 5.26 Å². The van der Waals surface area contributed by atoms with E-state index in [1.165, 1.54) is 11.8 Å². The van der Waals surface area contributed by atoms with Crippen molar-refractivity contribution in [2.45, 2.75) is 24.3 Å². The lowest BCUT2D eigenvalue weighted by molar-refractivity contribution is 0.340. The number of ether oxygens (including phenoxy) is 1. The zero-order valence-corrected chi connectivity index (χ0v) is 16.0. The van der Waals surface area contributed by atoms with E-state index in [0.717, 1.165) is 17.0 Å². The van der Waals surface area contributed by atoms with Gasteiger partial charge in [-0.25, -0.2) is 0 Å². The highest BCUT2D eigenvalue weighted by Gasteiger charge is 2.19. The predicted octanol–water partition coefficient (Wildman–Crippen LogP) is 4.99. The summed E-state index contributed by atoms with van der Waals surface area (Å²) in [5.41, 5.74) is 1.66. The zero-order chi connectivity index (χ0) is 18.5. The summed E-state index contributed by atoms with van der Waals surface area (Å²) in [5.74, 6) is 1.43. The standard InChI is InChI=1S/C19H17ClN4OS/c1-3-25-15-10-8-14(9-11-15)24-18(16-6-4-5-7-17(16)20)22-23-19(24)26-13(2)12-21/h4-11,13H,3H2,1-2H3/t13-/m0/s1. The molecular weight excluding hydrogens is 368 g/mol. The van der Waals surface area contributed by atoms with Crippen LogP contribution in [0.2, 0.25) is 5.02 Å². The first kappa shape index (κ1) is 18.3. The van der Waals surface area contributed by atoms with E-state index in [0.29, 0.717) is 22.6 Å². The van der Waals surface area contributed by atoms with Crippen molar-refractivity contribution in [3.63, 3.8) is 0 Å². The van der Waals surface area contributed by atoms with Gasteiger partial charge in [0.25, 0.3) is 0 Å². The zero-order valence-electron chi connectivity index (χ0n) is 14.4. The molecule has 0 radical (unpaired) electrons. The number of thioether (sulfide) groups is 1. The van der Waals surface area contributed by atoms with E-state index in [1.54, 1.807) is 0 Å². The maximum atomic E-state index is 9.16. The second-order valence-electron chi connectivity index (χ2n) is 5.44. The normalized spacial score (nSPS) is 11.8. The Labute approximate surface area is 161 Å². The quantitative estimate of drug-likeness (QED) is 0.560. The molecular formula is C19H17ClN4OS. The average Bonchev–Trinajstić information content (AvgIpc) is 3.06. The molecule has 0 N–H and O–H groups in total. The van der Waals surface area contributed by atoms with Crippen LogP contribution in [0.25, 0.3) is 17.1 Å². The summed E-state index contributed by atoms with van der Waals surface area (Å²) in [6.07, 6.45) is 0. The Morgan fingerprint density at radius 3 is 2.58 bits per heavy atom. The van der Waals surface area contributed by atoms with Gasteiger partial charge in [-0.1, -0.05) is 35.5 Å². The Morgan fingerprint density at radius 2 is 1.92 bits per heavy atom. The molecule has 2 aromatic carbocycles. The van der Waals surface area contributed by atoms with Gasteiger partial charge in [-0.15, -0.1) is 10.2 Å². The fourth-order valence-electron chi connectivity index (χ4n) is 2.44. The van der Waals surface area contributed by atoms with Crippen molar-refractivity contribution in [2.24, 2.45) is 0 Å². The molecule has 0 saturated heterocycles. The van der Waals surface area contributed by atoms with E-state index >= 15 is 0 Å². The molecule has 1 atom stereocenters. The van der Waals surface area contributed by atoms with Crippen molar-refractivity contribution in [3.05, 3.63) is 53.6 Å². The van der Waals surface area contributed by atoms with Gasteiger partial charge in [-0.2, -0.15) is 5.26 Å². The minimum absolute atomic E-state index is 0.250. The van der Waals surface area contributed by atoms with Crippen LogP contribution in [0.4, 0.5) is 0 Å². The number of nitriles is 1. The number of hydrogen-bond acceptors (Lipinski definition) is 5. The van der Waals surface area contributed by atoms with Gasteiger partial charge in [0.15, 0.2) is 11.0 Å². The molecule has 0 aliphatic heterocycles. The average molecular weight is 385 g/mol. The van der Waals surface area contributed by atoms with Crippen LogP contribution < -0.4 is 4.74 Å². The van der Waals surface area contributed by atoms with Gasteiger partial charge in [0.1, 0.15) is 5.75 Å². The summed E-state index contributed by atoms with van der Waals surface area (Å²) in [6.45, 7) is 4.38. The Hall–Kier alpha value is -2.49. The molecule has 0 spiro atoms. The lowest BCUT2D eigenvalue weighted by Crippen LogP contribution is -2.02. The minimum Gasteiger partial charge on any atom is -0.494 e. The smallest absolute Gasteiger partial charge is 0.197 e. The molecule has 26 heavy (non-hydrogen) atoms. The van der Waals surface area contributed by atoms with Crippen LogP contribution in [0.15, 0.2) is 53.7 Å². The molecule has 0 bridgehead atoms. The van der Waals surface area contributed by atoms with E-state index in [-0.39, 0.29) is 5.25 Å². The topological polar surface area (TPSA) is 63.7 Å². The van der Waals surface area contributed by atoms with Crippen LogP contribution in [0.1, 0.15) is 13.8 Å². The molecule has 0 fully saturated rings. The monoisotopic (exact) mass is 384 g/mol. The summed E-state index contributed by atoms with van der Waals surface area (Å²) in [6, 6.07) is 17.4. The third-order valence-electron chi connectivity index (χ3n) is 3.62. The van der Waals surface area contributed by atoms with Crippen molar-refractivity contribution in [2.75, 3.05) is 6.61 Å². The van der Waals surface area contributed by atoms with E-state index < -0.39 is 0 Å². The van der Waals surface area contributed by atoms with Crippen molar-refractivity contribution < 1.29 is 4.74 Å². The summed E-state index contributed by atoms with van der Waals surface area (Å²) in [7, 11) is 0. The van der Waals surface area contributed by atoms with Gasteiger partial charge >= 0.3 is 0 Å². The van der Waals surface area contributed by atoms with E-state index in [9.17, 15) is 0 Å². The Morgan fingerprint density at radius 1 is 1.19 bits per heavy atom. The summed E-state index contributed by atoms with van der Waals surface area (Å²) < 4.78 is 7.43. The molecule has 3 aromatic rings. The maximum absolute atomic E-state index is 9.16. The highest BCUT2D eigenvalue weighted by atomic mass is 35.5. The first-order valence-corrected chi connectivity index (χ1v) is 9.39. The first-order chi connectivity index (χ1) is 12.6. The number of halogens is 1. The van der Waals surface area contributed by atoms with Gasteiger partial charge in [-0.3, -0.25) is 4.57 Å². The third kappa shape index (κ3) is 3.85. The molecule has 132 valence electrons. The molecule has 0 aliphatic carbocycles. The van der Waals surface area contributed by atoms with Gasteiger partial charge in [-0.05, 0) is 50.2 Å². The van der Waals surface area contributed by atoms with Crippen LogP contribution in [0.3, 0.4) is 0 Å². The van der Waals surface area contributed by atoms with Gasteiger partial charge in [0.2, 0.25) is 0 Å². The summed E-state index contributed by atoms with van der Waals surface area (Å²) in [5, 5.41) is 18.8. The van der Waals surface area contributed by atoms with Gasteiger partial charge in [0, 0.05) is 11.3 Å². The van der Waals surface area contributed by atoms with Crippen molar-refractivity contribution in [3.8, 4) is 28.9 Å². The van der Waals surface area contributed by atoms with Crippen molar-refractivity contribution >= 4 is 23.4 Å². The van der Waals surface area contributed by atoms with E-state index in [2.05, 4.69) is 16.3 Å². The lowest BCUT2D eigenvalue weighted by Gasteiger charge is -2.12. The highest BCUT2D eigenvalue weighted by molar-refractivity contribution is 8.00. The number of benzene rings is 2. The molecule has 1 aromatic heterocycles. The second kappa shape index (κ2) is 8.26. The van der Waals surface area contributed by atoms with Crippen LogP contribution in [0, 0.1) is 11.3 Å². The highest BCUT2D eigenvalue weighted by Crippen LogP contribution is 2.33. The van der Waals surface area contributed by atoms with Crippen LogP contribution in [-0.2, 0) is 0 Å². The Balaban J connectivity index is 2.12. The fourth-order valence-corrected chi connectivity index (χ4v) is 3.41. The summed E-state index contributed by atoms with van der Waals surface area (Å²) >= 11 is 7.72. The van der Waals surface area contributed by atoms with Crippen molar-refractivity contribution in [1.82, 2.24) is 14.8 Å². The van der Waals surface area contributed by atoms with E-state index in [4.69, 9.17) is 21.6 Å². The molecule has 7 heteroatoms. The largest absolute Gasteiger partial charge is 0.494 e. The van der Waals surface area contributed by atoms with E-state index in [1.807, 2.05) is 66.9 Å². The Bertz CT molecular complexity index is 933. The first-order valence-electron chi connectivity index (χ1n) is 8.14. The number of nitrogens with zero attached hydrogens (tertiary/aromatic N) is 4. The predicted molar refractivity (Wildman–Crippen MR) is 104 cm³/mol. The van der Waals surface area contributed by atoms with Gasteiger partial charge < -0.3 is 4.74 Å². The SMILES string of the molecule is CCOc1ccc(-n2c(S[C@@H](C)C#N)nnc2-c2ccccc2Cl)cc1. The molecule has 0 saturated carbocycles. The summed E-state index contributed by atoms with van der Waals surface area (Å²) in [4.78, 5) is 0.